The molecule has 4 rings (SSSR count). The van der Waals surface area contributed by atoms with Gasteiger partial charge >= 0.3 is 0 Å². The van der Waals surface area contributed by atoms with Crippen LogP contribution in [-0.4, -0.2) is 54.9 Å². The van der Waals surface area contributed by atoms with Gasteiger partial charge in [0.25, 0.3) is 5.91 Å². The smallest absolute Gasteiger partial charge is 0.271 e. The number of aromatic nitrogens is 2. The number of methoxy groups -OCH3 is 1. The molecule has 2 heterocycles. The van der Waals surface area contributed by atoms with Crippen LogP contribution in [0.5, 0.6) is 5.75 Å². The number of hydrogen-bond donors (Lipinski definition) is 1. The van der Waals surface area contributed by atoms with Crippen molar-refractivity contribution in [3.8, 4) is 17.0 Å². The van der Waals surface area contributed by atoms with Crippen LogP contribution in [0.3, 0.4) is 0 Å². The fourth-order valence-electron chi connectivity index (χ4n) is 3.21. The summed E-state index contributed by atoms with van der Waals surface area (Å²) in [6.45, 7) is 0.264. The third kappa shape index (κ3) is 3.61. The van der Waals surface area contributed by atoms with Crippen molar-refractivity contribution in [3.05, 3.63) is 65.3 Å². The largest absolute Gasteiger partial charge is 0.496 e. The van der Waals surface area contributed by atoms with E-state index >= 15 is 0 Å². The van der Waals surface area contributed by atoms with Crippen LogP contribution in [0, 0.1) is 0 Å². The number of amides is 1. The molecular formula is C20H18ClN3O4S. The Labute approximate surface area is 173 Å². The Hall–Kier alpha value is -2.84. The van der Waals surface area contributed by atoms with E-state index in [0.29, 0.717) is 22.2 Å². The molecule has 1 aromatic heterocycles. The van der Waals surface area contributed by atoms with Crippen LogP contribution in [0.25, 0.3) is 11.3 Å². The number of ether oxygens (including phenoxy) is 1. The summed E-state index contributed by atoms with van der Waals surface area (Å²) in [5.41, 5.74) is 1.64. The van der Waals surface area contributed by atoms with Crippen LogP contribution in [-0.2, 0) is 9.84 Å². The van der Waals surface area contributed by atoms with E-state index < -0.39 is 15.1 Å². The third-order valence-electron chi connectivity index (χ3n) is 4.91. The Morgan fingerprint density at radius 2 is 1.86 bits per heavy atom. The molecule has 29 heavy (non-hydrogen) atoms. The van der Waals surface area contributed by atoms with E-state index in [1.54, 1.807) is 25.3 Å². The van der Waals surface area contributed by atoms with Crippen molar-refractivity contribution in [3.63, 3.8) is 0 Å². The van der Waals surface area contributed by atoms with Gasteiger partial charge in [0.1, 0.15) is 16.7 Å². The lowest BCUT2D eigenvalue weighted by Gasteiger charge is -2.38. The maximum Gasteiger partial charge on any atom is 0.271 e. The lowest BCUT2D eigenvalue weighted by molar-refractivity contribution is 0.0652. The molecule has 0 bridgehead atoms. The number of nitrogens with one attached hydrogen (secondary N) is 1. The van der Waals surface area contributed by atoms with Crippen molar-refractivity contribution in [2.45, 2.75) is 10.1 Å². The van der Waals surface area contributed by atoms with Crippen molar-refractivity contribution in [2.75, 3.05) is 20.2 Å². The summed E-state index contributed by atoms with van der Waals surface area (Å²) < 4.78 is 30.7. The number of nitrogens with zero attached hydrogens (tertiary/aromatic N) is 2. The zero-order chi connectivity index (χ0) is 20.6. The molecule has 150 valence electrons. The van der Waals surface area contributed by atoms with Gasteiger partial charge in [0.05, 0.1) is 17.7 Å². The van der Waals surface area contributed by atoms with Crippen LogP contribution in [0.1, 0.15) is 10.5 Å². The number of likely N-dealkylation sites (tertiary alicyclic amines) is 1. The minimum Gasteiger partial charge on any atom is -0.496 e. The lowest BCUT2D eigenvalue weighted by atomic mass is 10.1. The number of aromatic amines is 1. The second-order valence-corrected chi connectivity index (χ2v) is 9.36. The first kappa shape index (κ1) is 19.5. The van der Waals surface area contributed by atoms with Gasteiger partial charge in [0, 0.05) is 23.7 Å². The molecule has 1 aliphatic rings. The van der Waals surface area contributed by atoms with E-state index in [2.05, 4.69) is 10.2 Å². The summed E-state index contributed by atoms with van der Waals surface area (Å²) in [4.78, 5) is 14.4. The fraction of sp³-hybridized carbons (Fsp3) is 0.200. The second kappa shape index (κ2) is 7.53. The normalized spacial score (nSPS) is 14.5. The Balaban J connectivity index is 1.46. The van der Waals surface area contributed by atoms with E-state index in [-0.39, 0.29) is 23.9 Å². The molecule has 2 aromatic carbocycles. The first-order chi connectivity index (χ1) is 13.9. The minimum atomic E-state index is -3.51. The summed E-state index contributed by atoms with van der Waals surface area (Å²) in [5.74, 6) is 0.359. The number of halogens is 1. The van der Waals surface area contributed by atoms with E-state index in [1.807, 2.05) is 24.3 Å². The predicted octanol–water partition coefficient (Wildman–Crippen LogP) is 3.04. The van der Waals surface area contributed by atoms with E-state index in [0.717, 1.165) is 5.56 Å². The third-order valence-corrected chi connectivity index (χ3v) is 7.26. The summed E-state index contributed by atoms with van der Waals surface area (Å²) in [6.07, 6.45) is 0. The van der Waals surface area contributed by atoms with Gasteiger partial charge in [0.15, 0.2) is 9.84 Å². The molecule has 0 unspecified atom stereocenters. The van der Waals surface area contributed by atoms with Crippen molar-refractivity contribution >= 4 is 27.3 Å². The van der Waals surface area contributed by atoms with Crippen molar-refractivity contribution in [1.82, 2.24) is 15.1 Å². The minimum absolute atomic E-state index is 0.132. The molecule has 3 aromatic rings. The first-order valence-corrected chi connectivity index (χ1v) is 10.8. The standard InChI is InChI=1S/C20H18ClN3O4S/c1-28-19-5-3-2-4-16(19)17-10-18(23-22-17)20(25)24-11-15(12-24)29(26,27)14-8-6-13(21)7-9-14/h2-10,15H,11-12H2,1H3,(H,22,23). The molecule has 1 fully saturated rings. The molecule has 7 nitrogen and oxygen atoms in total. The zero-order valence-electron chi connectivity index (χ0n) is 15.5. The highest BCUT2D eigenvalue weighted by Gasteiger charge is 2.41. The monoisotopic (exact) mass is 431 g/mol. The first-order valence-electron chi connectivity index (χ1n) is 8.87. The maximum absolute atomic E-state index is 12.7. The van der Waals surface area contributed by atoms with Crippen LogP contribution < -0.4 is 4.74 Å². The lowest BCUT2D eigenvalue weighted by Crippen LogP contribution is -2.56. The fourth-order valence-corrected chi connectivity index (χ4v) is 4.99. The molecule has 1 saturated heterocycles. The van der Waals surface area contributed by atoms with Crippen molar-refractivity contribution in [2.24, 2.45) is 0 Å². The molecule has 0 radical (unpaired) electrons. The van der Waals surface area contributed by atoms with E-state index in [9.17, 15) is 13.2 Å². The van der Waals surface area contributed by atoms with Gasteiger partial charge in [-0.3, -0.25) is 9.89 Å². The number of carbonyl (C=O) groups is 1. The summed E-state index contributed by atoms with van der Waals surface area (Å²) in [6, 6.07) is 15.1. The van der Waals surface area contributed by atoms with Gasteiger partial charge in [-0.2, -0.15) is 5.10 Å². The Morgan fingerprint density at radius 1 is 1.17 bits per heavy atom. The van der Waals surface area contributed by atoms with Gasteiger partial charge in [0.2, 0.25) is 0 Å². The molecule has 9 heteroatoms. The van der Waals surface area contributed by atoms with E-state index in [4.69, 9.17) is 16.3 Å². The van der Waals surface area contributed by atoms with Crippen LogP contribution in [0.2, 0.25) is 5.02 Å². The van der Waals surface area contributed by atoms with Crippen molar-refractivity contribution in [1.29, 1.82) is 0 Å². The number of benzene rings is 2. The number of carbonyl (C=O) groups excluding carboxylic acids is 1. The van der Waals surface area contributed by atoms with Crippen LogP contribution >= 0.6 is 11.6 Å². The quantitative estimate of drug-likeness (QED) is 0.670. The molecule has 0 saturated carbocycles. The molecule has 1 amide bonds. The topological polar surface area (TPSA) is 92.4 Å². The van der Waals surface area contributed by atoms with Gasteiger partial charge in [-0.25, -0.2) is 8.42 Å². The number of H-pyrrole nitrogens is 1. The summed E-state index contributed by atoms with van der Waals surface area (Å²) in [7, 11) is -1.94. The Bertz CT molecular complexity index is 1150. The van der Waals surface area contributed by atoms with Gasteiger partial charge in [-0.15, -0.1) is 0 Å². The zero-order valence-corrected chi connectivity index (χ0v) is 17.1. The number of sulfone groups is 1. The molecule has 0 aliphatic carbocycles. The van der Waals surface area contributed by atoms with E-state index in [1.165, 1.54) is 17.0 Å². The molecule has 0 atom stereocenters. The van der Waals surface area contributed by atoms with Gasteiger partial charge in [-0.05, 0) is 42.5 Å². The maximum atomic E-state index is 12.7. The predicted molar refractivity (Wildman–Crippen MR) is 109 cm³/mol. The van der Waals surface area contributed by atoms with Gasteiger partial charge < -0.3 is 9.64 Å². The molecule has 1 N–H and O–H groups in total. The molecule has 0 spiro atoms. The number of hydrogen-bond acceptors (Lipinski definition) is 5. The average molecular weight is 432 g/mol. The molecular weight excluding hydrogens is 414 g/mol. The SMILES string of the molecule is COc1ccccc1-c1cc(C(=O)N2CC(S(=O)(=O)c3ccc(Cl)cc3)C2)[nH]n1. The Morgan fingerprint density at radius 3 is 2.55 bits per heavy atom. The number of para-hydroxylation sites is 1. The highest BCUT2D eigenvalue weighted by atomic mass is 35.5. The molecule has 1 aliphatic heterocycles. The van der Waals surface area contributed by atoms with Crippen LogP contribution in [0.15, 0.2) is 59.5 Å². The summed E-state index contributed by atoms with van der Waals surface area (Å²) >= 11 is 5.82. The van der Waals surface area contributed by atoms with Crippen LogP contribution in [0.4, 0.5) is 0 Å². The second-order valence-electron chi connectivity index (χ2n) is 6.70. The highest BCUT2D eigenvalue weighted by molar-refractivity contribution is 7.92. The van der Waals surface area contributed by atoms with Crippen molar-refractivity contribution < 1.29 is 17.9 Å². The number of rotatable bonds is 5. The highest BCUT2D eigenvalue weighted by Crippen LogP contribution is 2.30. The Kier molecular flexibility index (Phi) is 5.06. The average Bonchev–Trinajstić information content (AvgIpc) is 3.17. The van der Waals surface area contributed by atoms with Gasteiger partial charge in [-0.1, -0.05) is 23.7 Å². The summed E-state index contributed by atoms with van der Waals surface area (Å²) in [5, 5.41) is 6.77.